The van der Waals surface area contributed by atoms with E-state index in [4.69, 9.17) is 5.11 Å². The van der Waals surface area contributed by atoms with Crippen LogP contribution in [0.1, 0.15) is 19.5 Å². The van der Waals surface area contributed by atoms with E-state index in [2.05, 4.69) is 4.98 Å². The van der Waals surface area contributed by atoms with Crippen LogP contribution in [0.15, 0.2) is 9.72 Å². The van der Waals surface area contributed by atoms with Gasteiger partial charge in [0.2, 0.25) is 0 Å². The number of rotatable bonds is 5. The highest BCUT2D eigenvalue weighted by Crippen LogP contribution is 2.25. The molecule has 0 aromatic carbocycles. The van der Waals surface area contributed by atoms with Crippen molar-refractivity contribution in [3.05, 3.63) is 11.1 Å². The summed E-state index contributed by atoms with van der Waals surface area (Å²) in [6.07, 6.45) is -0.0421. The zero-order valence-electron chi connectivity index (χ0n) is 8.56. The number of hydrogen-bond donors (Lipinski definition) is 2. The van der Waals surface area contributed by atoms with Gasteiger partial charge in [0.1, 0.15) is 4.34 Å². The molecule has 2 N–H and O–H groups in total. The zero-order valence-corrected chi connectivity index (χ0v) is 10.2. The lowest BCUT2D eigenvalue weighted by Crippen LogP contribution is -2.21. The lowest BCUT2D eigenvalue weighted by atomic mass is 10.2. The Bertz CT molecular complexity index is 343. The first-order valence-corrected chi connectivity index (χ1v) is 6.25. The fourth-order valence-corrected chi connectivity index (χ4v) is 2.62. The lowest BCUT2D eigenvalue weighted by Gasteiger charge is -2.14. The van der Waals surface area contributed by atoms with Crippen LogP contribution >= 0.6 is 23.1 Å². The summed E-state index contributed by atoms with van der Waals surface area (Å²) < 4.78 is 0.799. The van der Waals surface area contributed by atoms with E-state index in [0.717, 1.165) is 4.34 Å². The van der Waals surface area contributed by atoms with E-state index in [0.29, 0.717) is 11.4 Å². The fraction of sp³-hybridized carbons (Fsp3) is 0.556. The average molecular weight is 247 g/mol. The van der Waals surface area contributed by atoms with Crippen LogP contribution in [0.2, 0.25) is 0 Å². The second-order valence-corrected chi connectivity index (χ2v) is 5.86. The maximum atomic E-state index is 10.4. The van der Waals surface area contributed by atoms with Crippen LogP contribution in [0.25, 0.3) is 0 Å². The Morgan fingerprint density at radius 2 is 2.33 bits per heavy atom. The van der Waals surface area contributed by atoms with Gasteiger partial charge in [-0.25, -0.2) is 4.98 Å². The highest BCUT2D eigenvalue weighted by Gasteiger charge is 2.14. The van der Waals surface area contributed by atoms with Gasteiger partial charge in [0.15, 0.2) is 0 Å². The third kappa shape index (κ3) is 5.15. The van der Waals surface area contributed by atoms with Crippen molar-refractivity contribution >= 4 is 29.1 Å². The molecule has 0 radical (unpaired) electrons. The Balaban J connectivity index is 2.50. The molecule has 6 heteroatoms. The Labute approximate surface area is 96.4 Å². The summed E-state index contributed by atoms with van der Waals surface area (Å²) in [7, 11) is 0. The predicted molar refractivity (Wildman–Crippen MR) is 60.5 cm³/mol. The van der Waals surface area contributed by atoms with Gasteiger partial charge in [-0.05, 0) is 13.8 Å². The Morgan fingerprint density at radius 3 is 2.87 bits per heavy atom. The number of carboxylic acid groups (broad SMARTS) is 1. The van der Waals surface area contributed by atoms with E-state index in [1.54, 1.807) is 19.2 Å². The number of carbonyl (C=O) groups is 1. The minimum Gasteiger partial charge on any atom is -0.481 e. The van der Waals surface area contributed by atoms with Crippen LogP contribution in [-0.2, 0) is 11.2 Å². The van der Waals surface area contributed by atoms with Crippen LogP contribution < -0.4 is 0 Å². The van der Waals surface area contributed by atoms with Crippen molar-refractivity contribution in [1.29, 1.82) is 0 Å². The van der Waals surface area contributed by atoms with E-state index < -0.39 is 11.6 Å². The van der Waals surface area contributed by atoms with Crippen LogP contribution in [-0.4, -0.2) is 32.5 Å². The van der Waals surface area contributed by atoms with Gasteiger partial charge >= 0.3 is 5.97 Å². The Hall–Kier alpha value is -0.590. The van der Waals surface area contributed by atoms with Crippen LogP contribution in [0.4, 0.5) is 0 Å². The number of thiazole rings is 1. The first-order valence-electron chi connectivity index (χ1n) is 4.38. The number of thioether (sulfide) groups is 1. The summed E-state index contributed by atoms with van der Waals surface area (Å²) >= 11 is 2.85. The second kappa shape index (κ2) is 4.96. The van der Waals surface area contributed by atoms with Gasteiger partial charge < -0.3 is 10.2 Å². The second-order valence-electron chi connectivity index (χ2n) is 3.78. The topological polar surface area (TPSA) is 70.4 Å². The van der Waals surface area contributed by atoms with E-state index in [1.807, 2.05) is 0 Å². The minimum atomic E-state index is -0.876. The molecule has 1 heterocycles. The molecule has 0 aliphatic heterocycles. The van der Waals surface area contributed by atoms with E-state index in [1.165, 1.54) is 23.1 Å². The minimum absolute atomic E-state index is 0.0421. The maximum absolute atomic E-state index is 10.4. The van der Waals surface area contributed by atoms with E-state index >= 15 is 0 Å². The highest BCUT2D eigenvalue weighted by molar-refractivity contribution is 8.01. The molecule has 0 aliphatic rings. The van der Waals surface area contributed by atoms with Gasteiger partial charge in [0, 0.05) is 11.1 Å². The molecule has 15 heavy (non-hydrogen) atoms. The SMILES string of the molecule is CC(C)(O)CSc1nc(CC(=O)O)cs1. The van der Waals surface area contributed by atoms with Crippen molar-refractivity contribution < 1.29 is 15.0 Å². The van der Waals surface area contributed by atoms with Gasteiger partial charge in [-0.15, -0.1) is 11.3 Å². The predicted octanol–water partition coefficient (Wildman–Crippen LogP) is 1.63. The number of aliphatic carboxylic acids is 1. The fourth-order valence-electron chi connectivity index (χ4n) is 0.829. The standard InChI is InChI=1S/C9H13NO3S2/c1-9(2,13)5-15-8-10-6(4-14-8)3-7(11)12/h4,13H,3,5H2,1-2H3,(H,11,12). The first-order chi connectivity index (χ1) is 6.87. The van der Waals surface area contributed by atoms with Gasteiger partial charge in [-0.1, -0.05) is 11.8 Å². The molecule has 0 amide bonds. The number of hydrogen-bond acceptors (Lipinski definition) is 5. The first kappa shape index (κ1) is 12.5. The molecular weight excluding hydrogens is 234 g/mol. The molecule has 1 aromatic heterocycles. The normalized spacial score (nSPS) is 11.7. The van der Waals surface area contributed by atoms with Gasteiger partial charge in [0.25, 0.3) is 0 Å². The molecule has 1 aromatic rings. The largest absolute Gasteiger partial charge is 0.481 e. The van der Waals surface area contributed by atoms with Gasteiger partial charge in [-0.3, -0.25) is 4.79 Å². The quantitative estimate of drug-likeness (QED) is 0.774. The van der Waals surface area contributed by atoms with Crippen molar-refractivity contribution in [3.8, 4) is 0 Å². The van der Waals surface area contributed by atoms with Crippen LogP contribution in [0.3, 0.4) is 0 Å². The number of aliphatic hydroxyl groups is 1. The molecule has 1 rings (SSSR count). The summed E-state index contributed by atoms with van der Waals surface area (Å²) in [5, 5.41) is 19.8. The van der Waals surface area contributed by atoms with Crippen molar-refractivity contribution in [2.45, 2.75) is 30.2 Å². The summed E-state index contributed by atoms with van der Waals surface area (Å²) in [4.78, 5) is 14.6. The van der Waals surface area contributed by atoms with Crippen molar-refractivity contribution in [3.63, 3.8) is 0 Å². The van der Waals surface area contributed by atoms with Crippen molar-refractivity contribution in [2.75, 3.05) is 5.75 Å². The van der Waals surface area contributed by atoms with Gasteiger partial charge in [0.05, 0.1) is 17.7 Å². The van der Waals surface area contributed by atoms with Crippen molar-refractivity contribution in [1.82, 2.24) is 4.98 Å². The lowest BCUT2D eigenvalue weighted by molar-refractivity contribution is -0.136. The van der Waals surface area contributed by atoms with Gasteiger partial charge in [-0.2, -0.15) is 0 Å². The van der Waals surface area contributed by atoms with Crippen molar-refractivity contribution in [2.24, 2.45) is 0 Å². The molecule has 84 valence electrons. The monoisotopic (exact) mass is 247 g/mol. The average Bonchev–Trinajstić information content (AvgIpc) is 2.46. The molecule has 0 fully saturated rings. The molecule has 0 saturated heterocycles. The molecule has 0 bridgehead atoms. The third-order valence-electron chi connectivity index (χ3n) is 1.41. The summed E-state index contributed by atoms with van der Waals surface area (Å²) in [5.41, 5.74) is -0.158. The molecule has 0 saturated carbocycles. The third-order valence-corrected chi connectivity index (χ3v) is 3.93. The number of aromatic nitrogens is 1. The smallest absolute Gasteiger partial charge is 0.309 e. The summed E-state index contributed by atoms with van der Waals surface area (Å²) in [5.74, 6) is -0.327. The summed E-state index contributed by atoms with van der Waals surface area (Å²) in [6, 6.07) is 0. The van der Waals surface area contributed by atoms with E-state index in [9.17, 15) is 9.90 Å². The van der Waals surface area contributed by atoms with E-state index in [-0.39, 0.29) is 6.42 Å². The molecule has 0 unspecified atom stereocenters. The number of carboxylic acids is 1. The highest BCUT2D eigenvalue weighted by atomic mass is 32.2. The molecule has 0 spiro atoms. The zero-order chi connectivity index (χ0) is 11.5. The maximum Gasteiger partial charge on any atom is 0.309 e. The Kier molecular flexibility index (Phi) is 4.12. The molecular formula is C9H13NO3S2. The van der Waals surface area contributed by atoms with Crippen LogP contribution in [0, 0.1) is 0 Å². The summed E-state index contributed by atoms with van der Waals surface area (Å²) in [6.45, 7) is 3.46. The Morgan fingerprint density at radius 1 is 1.67 bits per heavy atom. The van der Waals surface area contributed by atoms with Crippen LogP contribution in [0.5, 0.6) is 0 Å². The molecule has 4 nitrogen and oxygen atoms in total. The molecule has 0 aliphatic carbocycles. The molecule has 0 atom stereocenters. The number of nitrogens with zero attached hydrogens (tertiary/aromatic N) is 1.